The van der Waals surface area contributed by atoms with Gasteiger partial charge in [0.15, 0.2) is 5.78 Å². The van der Waals surface area contributed by atoms with Crippen LogP contribution in [0.2, 0.25) is 0 Å². The normalized spacial score (nSPS) is 12.5. The van der Waals surface area contributed by atoms with Gasteiger partial charge in [0.2, 0.25) is 0 Å². The molecule has 1 aromatic rings. The van der Waals surface area contributed by atoms with Crippen LogP contribution in [0, 0.1) is 6.92 Å². The Kier molecular flexibility index (Phi) is 2.39. The van der Waals surface area contributed by atoms with E-state index in [0.29, 0.717) is 5.56 Å². The van der Waals surface area contributed by atoms with Gasteiger partial charge in [-0.1, -0.05) is 30.3 Å². The molecule has 1 unspecified atom stereocenters. The minimum absolute atomic E-state index is 0.120. The largest absolute Gasteiger partial charge is 0.321 e. The molecular formula is C9H10NO. The van der Waals surface area contributed by atoms with E-state index in [1.807, 2.05) is 6.07 Å². The highest BCUT2D eigenvalue weighted by atomic mass is 16.1. The second-order valence-corrected chi connectivity index (χ2v) is 2.34. The van der Waals surface area contributed by atoms with Gasteiger partial charge in [0.05, 0.1) is 6.04 Å². The SMILES string of the molecule is [CH2]C(N)C(=O)c1ccccc1. The van der Waals surface area contributed by atoms with Gasteiger partial charge in [0.25, 0.3) is 0 Å². The van der Waals surface area contributed by atoms with E-state index in [2.05, 4.69) is 6.92 Å². The van der Waals surface area contributed by atoms with Crippen molar-refractivity contribution >= 4 is 5.78 Å². The Morgan fingerprint density at radius 3 is 2.36 bits per heavy atom. The van der Waals surface area contributed by atoms with E-state index in [-0.39, 0.29) is 5.78 Å². The summed E-state index contributed by atoms with van der Waals surface area (Å²) < 4.78 is 0. The number of carbonyl (C=O) groups is 1. The number of rotatable bonds is 2. The molecule has 0 heterocycles. The monoisotopic (exact) mass is 148 g/mol. The minimum atomic E-state index is -0.655. The van der Waals surface area contributed by atoms with Gasteiger partial charge in [0, 0.05) is 5.56 Å². The fourth-order valence-electron chi connectivity index (χ4n) is 0.816. The second-order valence-electron chi connectivity index (χ2n) is 2.34. The first-order chi connectivity index (χ1) is 5.22. The maximum absolute atomic E-state index is 11.2. The Balaban J connectivity index is 2.86. The maximum Gasteiger partial charge on any atom is 0.179 e. The Morgan fingerprint density at radius 1 is 1.36 bits per heavy atom. The van der Waals surface area contributed by atoms with Gasteiger partial charge in [-0.3, -0.25) is 4.79 Å². The van der Waals surface area contributed by atoms with Gasteiger partial charge in [-0.15, -0.1) is 0 Å². The molecule has 2 heteroatoms. The molecule has 0 aliphatic rings. The summed E-state index contributed by atoms with van der Waals surface area (Å²) in [7, 11) is 0. The smallest absolute Gasteiger partial charge is 0.179 e. The Labute approximate surface area is 66.0 Å². The van der Waals surface area contributed by atoms with E-state index in [1.54, 1.807) is 24.3 Å². The van der Waals surface area contributed by atoms with Crippen molar-refractivity contribution in [2.24, 2.45) is 5.73 Å². The summed E-state index contributed by atoms with van der Waals surface area (Å²) in [4.78, 5) is 11.2. The number of carbonyl (C=O) groups excluding carboxylic acids is 1. The lowest BCUT2D eigenvalue weighted by atomic mass is 10.1. The second kappa shape index (κ2) is 3.30. The Hall–Kier alpha value is -1.15. The third kappa shape index (κ3) is 1.88. The third-order valence-electron chi connectivity index (χ3n) is 1.40. The number of hydrogen-bond acceptors (Lipinski definition) is 2. The zero-order valence-corrected chi connectivity index (χ0v) is 6.16. The van der Waals surface area contributed by atoms with Crippen LogP contribution < -0.4 is 5.73 Å². The Morgan fingerprint density at radius 2 is 1.91 bits per heavy atom. The van der Waals surface area contributed by atoms with Crippen molar-refractivity contribution in [1.29, 1.82) is 0 Å². The molecule has 1 aromatic carbocycles. The first-order valence-electron chi connectivity index (χ1n) is 3.40. The van der Waals surface area contributed by atoms with Crippen LogP contribution in [0.4, 0.5) is 0 Å². The van der Waals surface area contributed by atoms with Crippen LogP contribution in [-0.2, 0) is 0 Å². The van der Waals surface area contributed by atoms with Gasteiger partial charge in [0.1, 0.15) is 0 Å². The maximum atomic E-state index is 11.2. The number of Topliss-reactive ketones (excluding diaryl/α,β-unsaturated/α-hetero) is 1. The van der Waals surface area contributed by atoms with E-state index < -0.39 is 6.04 Å². The highest BCUT2D eigenvalue weighted by Crippen LogP contribution is 2.00. The molecule has 0 amide bonds. The lowest BCUT2D eigenvalue weighted by Crippen LogP contribution is -2.26. The van der Waals surface area contributed by atoms with Crippen LogP contribution in [0.25, 0.3) is 0 Å². The molecule has 0 aromatic heterocycles. The molecule has 0 saturated carbocycles. The lowest BCUT2D eigenvalue weighted by Gasteiger charge is -2.02. The molecule has 11 heavy (non-hydrogen) atoms. The average Bonchev–Trinajstić information content (AvgIpc) is 2.05. The van der Waals surface area contributed by atoms with Crippen molar-refractivity contribution < 1.29 is 4.79 Å². The molecule has 0 aliphatic heterocycles. The van der Waals surface area contributed by atoms with Crippen LogP contribution in [0.3, 0.4) is 0 Å². The molecule has 1 atom stereocenters. The molecule has 0 bridgehead atoms. The minimum Gasteiger partial charge on any atom is -0.321 e. The highest BCUT2D eigenvalue weighted by molar-refractivity contribution is 6.00. The molecule has 0 aliphatic carbocycles. The van der Waals surface area contributed by atoms with Crippen LogP contribution in [-0.4, -0.2) is 11.8 Å². The van der Waals surface area contributed by atoms with Gasteiger partial charge >= 0.3 is 0 Å². The van der Waals surface area contributed by atoms with Crippen molar-refractivity contribution in [3.63, 3.8) is 0 Å². The predicted octanol–water partition coefficient (Wildman–Crippen LogP) is 1.03. The fraction of sp³-hybridized carbons (Fsp3) is 0.111. The zero-order chi connectivity index (χ0) is 8.27. The molecule has 2 N–H and O–H groups in total. The van der Waals surface area contributed by atoms with E-state index >= 15 is 0 Å². The molecule has 1 rings (SSSR count). The molecule has 0 fully saturated rings. The summed E-state index contributed by atoms with van der Waals surface area (Å²) in [5, 5.41) is 0. The van der Waals surface area contributed by atoms with Crippen LogP contribution in [0.15, 0.2) is 30.3 Å². The van der Waals surface area contributed by atoms with Crippen LogP contribution in [0.1, 0.15) is 10.4 Å². The van der Waals surface area contributed by atoms with Gasteiger partial charge in [-0.25, -0.2) is 0 Å². The molecule has 0 saturated heterocycles. The predicted molar refractivity (Wildman–Crippen MR) is 44.1 cm³/mol. The summed E-state index contributed by atoms with van der Waals surface area (Å²) in [5.41, 5.74) is 5.93. The topological polar surface area (TPSA) is 43.1 Å². The quantitative estimate of drug-likeness (QED) is 0.636. The van der Waals surface area contributed by atoms with E-state index in [9.17, 15) is 4.79 Å². The van der Waals surface area contributed by atoms with Gasteiger partial charge in [-0.05, 0) is 6.92 Å². The van der Waals surface area contributed by atoms with Crippen molar-refractivity contribution in [1.82, 2.24) is 0 Å². The third-order valence-corrected chi connectivity index (χ3v) is 1.40. The number of nitrogens with two attached hydrogens (primary N) is 1. The summed E-state index contributed by atoms with van der Waals surface area (Å²) in [5.74, 6) is -0.120. The molecule has 57 valence electrons. The van der Waals surface area contributed by atoms with Crippen LogP contribution >= 0.6 is 0 Å². The first kappa shape index (κ1) is 7.95. The number of ketones is 1. The summed E-state index contributed by atoms with van der Waals surface area (Å²) >= 11 is 0. The van der Waals surface area contributed by atoms with Crippen molar-refractivity contribution in [3.8, 4) is 0 Å². The standard InChI is InChI=1S/C9H10NO/c1-7(10)9(11)8-5-3-2-4-6-8/h2-7H,1,10H2. The molecule has 1 radical (unpaired) electrons. The van der Waals surface area contributed by atoms with Crippen LogP contribution in [0.5, 0.6) is 0 Å². The van der Waals surface area contributed by atoms with Gasteiger partial charge < -0.3 is 5.73 Å². The molecule has 2 nitrogen and oxygen atoms in total. The summed E-state index contributed by atoms with van der Waals surface area (Å²) in [6.45, 7) is 3.44. The lowest BCUT2D eigenvalue weighted by molar-refractivity contribution is 0.0977. The van der Waals surface area contributed by atoms with E-state index in [0.717, 1.165) is 0 Å². The van der Waals surface area contributed by atoms with E-state index in [1.165, 1.54) is 0 Å². The van der Waals surface area contributed by atoms with Gasteiger partial charge in [-0.2, -0.15) is 0 Å². The highest BCUT2D eigenvalue weighted by Gasteiger charge is 2.08. The van der Waals surface area contributed by atoms with Crippen molar-refractivity contribution in [2.75, 3.05) is 0 Å². The molecular weight excluding hydrogens is 138 g/mol. The summed E-state index contributed by atoms with van der Waals surface area (Å²) in [6, 6.07) is 8.26. The number of benzene rings is 1. The molecule has 0 spiro atoms. The first-order valence-corrected chi connectivity index (χ1v) is 3.40. The zero-order valence-electron chi connectivity index (χ0n) is 6.16. The van der Waals surface area contributed by atoms with Crippen molar-refractivity contribution in [3.05, 3.63) is 42.8 Å². The van der Waals surface area contributed by atoms with E-state index in [4.69, 9.17) is 5.73 Å². The summed E-state index contributed by atoms with van der Waals surface area (Å²) in [6.07, 6.45) is 0. The fourth-order valence-corrected chi connectivity index (χ4v) is 0.816. The average molecular weight is 148 g/mol. The van der Waals surface area contributed by atoms with Crippen molar-refractivity contribution in [2.45, 2.75) is 6.04 Å². The Bertz CT molecular complexity index is 241. The number of hydrogen-bond donors (Lipinski definition) is 1.